The number of hydrogen-bond acceptors (Lipinski definition) is 4. The van der Waals surface area contributed by atoms with Crippen molar-refractivity contribution < 1.29 is 19.2 Å². The number of hydrogen-bond donors (Lipinski definition) is 3. The Labute approximate surface area is 170 Å². The van der Waals surface area contributed by atoms with Gasteiger partial charge in [-0.05, 0) is 24.8 Å². The zero-order valence-corrected chi connectivity index (χ0v) is 17.0. The summed E-state index contributed by atoms with van der Waals surface area (Å²) in [7, 11) is 0. The molecule has 4 unspecified atom stereocenters. The fourth-order valence-corrected chi connectivity index (χ4v) is 3.76. The van der Waals surface area contributed by atoms with Crippen molar-refractivity contribution in [2.75, 3.05) is 6.54 Å². The van der Waals surface area contributed by atoms with Gasteiger partial charge >= 0.3 is 0 Å². The van der Waals surface area contributed by atoms with Crippen LogP contribution in [0.4, 0.5) is 0 Å². The summed E-state index contributed by atoms with van der Waals surface area (Å²) in [6, 6.07) is 6.90. The largest absolute Gasteiger partial charge is 0.345 e. The van der Waals surface area contributed by atoms with Gasteiger partial charge in [-0.2, -0.15) is 0 Å². The number of carbonyl (C=O) groups excluding carboxylic acids is 4. The minimum atomic E-state index is -0.826. The second kappa shape index (κ2) is 8.63. The predicted molar refractivity (Wildman–Crippen MR) is 107 cm³/mol. The Hall–Kier alpha value is -2.90. The lowest BCUT2D eigenvalue weighted by Gasteiger charge is -2.23. The second-order valence-corrected chi connectivity index (χ2v) is 8.15. The molecule has 0 saturated carbocycles. The summed E-state index contributed by atoms with van der Waals surface area (Å²) < 4.78 is 0. The van der Waals surface area contributed by atoms with E-state index in [2.05, 4.69) is 16.0 Å². The lowest BCUT2D eigenvalue weighted by molar-refractivity contribution is -0.136. The topological polar surface area (TPSA) is 107 Å². The summed E-state index contributed by atoms with van der Waals surface area (Å²) >= 11 is 0. The Balaban J connectivity index is 1.81. The predicted octanol–water partition coefficient (Wildman–Crippen LogP) is -0.0261. The zero-order chi connectivity index (χ0) is 21.1. The first-order valence-electron chi connectivity index (χ1n) is 10.0. The summed E-state index contributed by atoms with van der Waals surface area (Å²) in [6.45, 7) is 5.46. The van der Waals surface area contributed by atoms with Gasteiger partial charge in [-0.15, -0.1) is 0 Å². The van der Waals surface area contributed by atoms with Gasteiger partial charge in [0, 0.05) is 6.42 Å². The highest BCUT2D eigenvalue weighted by Gasteiger charge is 2.54. The normalized spacial score (nSPS) is 27.9. The van der Waals surface area contributed by atoms with Gasteiger partial charge in [0.2, 0.25) is 23.6 Å². The van der Waals surface area contributed by atoms with Crippen LogP contribution in [0.3, 0.4) is 0 Å². The van der Waals surface area contributed by atoms with Crippen molar-refractivity contribution in [3.8, 4) is 0 Å². The molecule has 0 radical (unpaired) electrons. The first kappa shape index (κ1) is 20.8. The van der Waals surface area contributed by atoms with Gasteiger partial charge < -0.3 is 20.9 Å². The van der Waals surface area contributed by atoms with Crippen molar-refractivity contribution in [1.82, 2.24) is 20.9 Å². The van der Waals surface area contributed by atoms with Crippen LogP contribution in [0.15, 0.2) is 30.3 Å². The van der Waals surface area contributed by atoms with Crippen LogP contribution in [-0.2, 0) is 25.6 Å². The van der Waals surface area contributed by atoms with Gasteiger partial charge in [0.1, 0.15) is 18.1 Å². The van der Waals surface area contributed by atoms with Crippen LogP contribution in [-0.4, -0.2) is 59.2 Å². The molecule has 2 saturated heterocycles. The molecular formula is C21H28N4O4. The first-order chi connectivity index (χ1) is 13.8. The number of amides is 4. The van der Waals surface area contributed by atoms with Crippen LogP contribution in [0.25, 0.3) is 0 Å². The molecule has 0 spiro atoms. The van der Waals surface area contributed by atoms with Crippen LogP contribution in [0.1, 0.15) is 32.8 Å². The van der Waals surface area contributed by atoms with Crippen molar-refractivity contribution in [1.29, 1.82) is 0 Å². The van der Waals surface area contributed by atoms with Crippen LogP contribution in [0.5, 0.6) is 0 Å². The number of carbonyl (C=O) groups is 4. The summed E-state index contributed by atoms with van der Waals surface area (Å²) in [4.78, 5) is 52.2. The molecule has 2 aliphatic rings. The van der Waals surface area contributed by atoms with E-state index in [0.717, 1.165) is 5.56 Å². The first-order valence-corrected chi connectivity index (χ1v) is 10.0. The highest BCUT2D eigenvalue weighted by atomic mass is 16.2. The van der Waals surface area contributed by atoms with E-state index in [1.807, 2.05) is 44.2 Å². The van der Waals surface area contributed by atoms with E-state index in [1.165, 1.54) is 4.90 Å². The molecule has 2 heterocycles. The van der Waals surface area contributed by atoms with Crippen molar-refractivity contribution in [3.63, 3.8) is 0 Å². The Kier molecular flexibility index (Phi) is 6.20. The minimum Gasteiger partial charge on any atom is -0.345 e. The monoisotopic (exact) mass is 400 g/mol. The minimum absolute atomic E-state index is 0.185. The third-order valence-electron chi connectivity index (χ3n) is 5.31. The maximum Gasteiger partial charge on any atom is 0.246 e. The van der Waals surface area contributed by atoms with Gasteiger partial charge in [-0.3, -0.25) is 19.2 Å². The second-order valence-electron chi connectivity index (χ2n) is 8.15. The highest BCUT2D eigenvalue weighted by molar-refractivity contribution is 6.00. The quantitative estimate of drug-likeness (QED) is 0.617. The van der Waals surface area contributed by atoms with E-state index in [0.29, 0.717) is 12.8 Å². The molecule has 8 heteroatoms. The van der Waals surface area contributed by atoms with E-state index in [-0.39, 0.29) is 30.3 Å². The van der Waals surface area contributed by atoms with Crippen LogP contribution in [0, 0.1) is 5.92 Å². The molecule has 3 rings (SSSR count). The van der Waals surface area contributed by atoms with Crippen LogP contribution >= 0.6 is 0 Å². The molecule has 1 aromatic rings. The van der Waals surface area contributed by atoms with Gasteiger partial charge in [-0.25, -0.2) is 0 Å². The standard InChI is InChI=1S/C21H28N4O4/c1-12(2)9-16-21(29)25-13(3)18(25)20(28)24-15(10-14-7-5-4-6-8-14)19(27)22-11-17(26)23-16/h4-8,12-13,15-16,18H,9-11H2,1-3H3,(H,22,27)(H,23,26)(H,24,28). The lowest BCUT2D eigenvalue weighted by atomic mass is 10.0. The SMILES string of the molecule is CC(C)CC1NC(=O)CNC(=O)C(Cc2ccccc2)NC(=O)C2C(C)N2C1=O. The molecule has 8 nitrogen and oxygen atoms in total. The van der Waals surface area contributed by atoms with Crippen LogP contribution < -0.4 is 16.0 Å². The Morgan fingerprint density at radius 2 is 1.69 bits per heavy atom. The highest BCUT2D eigenvalue weighted by Crippen LogP contribution is 2.30. The van der Waals surface area contributed by atoms with Gasteiger partial charge in [0.05, 0.1) is 12.6 Å². The molecule has 2 aliphatic heterocycles. The van der Waals surface area contributed by atoms with E-state index in [4.69, 9.17) is 0 Å². The maximum atomic E-state index is 12.9. The summed E-state index contributed by atoms with van der Waals surface area (Å²) in [5, 5.41) is 8.07. The molecule has 156 valence electrons. The van der Waals surface area contributed by atoms with Crippen molar-refractivity contribution >= 4 is 23.6 Å². The molecule has 0 aliphatic carbocycles. The average molecular weight is 400 g/mol. The van der Waals surface area contributed by atoms with Gasteiger partial charge in [0.25, 0.3) is 0 Å². The molecule has 0 bridgehead atoms. The summed E-state index contributed by atoms with van der Waals surface area (Å²) in [5.41, 5.74) is 0.887. The Morgan fingerprint density at radius 3 is 2.34 bits per heavy atom. The zero-order valence-electron chi connectivity index (χ0n) is 17.0. The lowest BCUT2D eigenvalue weighted by Crippen LogP contribution is -2.54. The van der Waals surface area contributed by atoms with Crippen molar-refractivity contribution in [3.05, 3.63) is 35.9 Å². The molecule has 1 aromatic carbocycles. The molecule has 4 amide bonds. The van der Waals surface area contributed by atoms with E-state index in [9.17, 15) is 19.2 Å². The Bertz CT molecular complexity index is 795. The smallest absolute Gasteiger partial charge is 0.246 e. The van der Waals surface area contributed by atoms with Crippen molar-refractivity contribution in [2.24, 2.45) is 5.92 Å². The van der Waals surface area contributed by atoms with E-state index in [1.54, 1.807) is 6.92 Å². The third kappa shape index (κ3) is 4.93. The van der Waals surface area contributed by atoms with Crippen LogP contribution in [0.2, 0.25) is 0 Å². The number of benzene rings is 1. The number of rotatable bonds is 4. The molecule has 3 N–H and O–H groups in total. The number of nitrogens with zero attached hydrogens (tertiary/aromatic N) is 1. The maximum absolute atomic E-state index is 12.9. The fraction of sp³-hybridized carbons (Fsp3) is 0.524. The molecule has 29 heavy (non-hydrogen) atoms. The molecule has 0 aromatic heterocycles. The molecule has 2 fully saturated rings. The van der Waals surface area contributed by atoms with Gasteiger partial charge in [0.15, 0.2) is 0 Å². The third-order valence-corrected chi connectivity index (χ3v) is 5.31. The number of nitrogens with one attached hydrogen (secondary N) is 3. The van der Waals surface area contributed by atoms with Gasteiger partial charge in [-0.1, -0.05) is 44.2 Å². The molecule has 4 atom stereocenters. The summed E-state index contributed by atoms with van der Waals surface area (Å²) in [5.74, 6) is -1.27. The molecular weight excluding hydrogens is 372 g/mol. The number of fused-ring (bicyclic) bond motifs is 1. The van der Waals surface area contributed by atoms with Crippen molar-refractivity contribution in [2.45, 2.75) is 57.8 Å². The summed E-state index contributed by atoms with van der Waals surface area (Å²) in [6.07, 6.45) is 0.762. The van der Waals surface area contributed by atoms with E-state index < -0.39 is 29.9 Å². The van der Waals surface area contributed by atoms with E-state index >= 15 is 0 Å². The fourth-order valence-electron chi connectivity index (χ4n) is 3.76. The average Bonchev–Trinajstić information content (AvgIpc) is 3.35. The Morgan fingerprint density at radius 1 is 1.00 bits per heavy atom.